The number of imide groups is 1. The Labute approximate surface area is 198 Å². The van der Waals surface area contributed by atoms with Crippen LogP contribution < -0.4 is 5.32 Å². The van der Waals surface area contributed by atoms with Gasteiger partial charge in [0.15, 0.2) is 0 Å². The molecule has 1 heterocycles. The molecule has 3 rings (SSSR count). The zero-order valence-corrected chi connectivity index (χ0v) is 19.7. The largest absolute Gasteiger partial charge is 0.352 e. The molecule has 0 unspecified atom stereocenters. The van der Waals surface area contributed by atoms with Crippen molar-refractivity contribution in [1.82, 2.24) is 15.1 Å². The summed E-state index contributed by atoms with van der Waals surface area (Å²) in [6.07, 6.45) is 1.07. The van der Waals surface area contributed by atoms with E-state index in [0.717, 1.165) is 11.3 Å². The molecule has 0 bridgehead atoms. The molecule has 4 amide bonds. The average molecular weight is 468 g/mol. The second-order valence-corrected chi connectivity index (χ2v) is 8.55. The van der Waals surface area contributed by atoms with Gasteiger partial charge < -0.3 is 10.2 Å². The van der Waals surface area contributed by atoms with Crippen molar-refractivity contribution < 1.29 is 23.6 Å². The summed E-state index contributed by atoms with van der Waals surface area (Å²) >= 11 is 0. The lowest BCUT2D eigenvalue weighted by atomic mass is 10.1. The van der Waals surface area contributed by atoms with Crippen LogP contribution in [0.2, 0.25) is 0 Å². The molecular weight excluding hydrogens is 437 g/mol. The van der Waals surface area contributed by atoms with E-state index in [1.807, 2.05) is 13.8 Å². The summed E-state index contributed by atoms with van der Waals surface area (Å²) in [5.74, 6) is -1.67. The zero-order chi connectivity index (χ0) is 24.8. The average Bonchev–Trinajstić information content (AvgIpc) is 3.08. The number of hydrogen-bond donors (Lipinski definition) is 1. The molecule has 0 aromatic heterocycles. The van der Waals surface area contributed by atoms with E-state index in [9.17, 15) is 23.6 Å². The SMILES string of the molecule is CC[C@H](C)NC(=O)[C@H](C)N(Cc1ccc(F)cc1)C(=O)CCCN1C(=O)c2ccccc2C1=O. The number of rotatable bonds is 10. The molecule has 0 radical (unpaired) electrons. The van der Waals surface area contributed by atoms with Crippen molar-refractivity contribution in [2.45, 2.75) is 58.7 Å². The van der Waals surface area contributed by atoms with Gasteiger partial charge in [-0.1, -0.05) is 31.2 Å². The van der Waals surface area contributed by atoms with Crippen molar-refractivity contribution in [1.29, 1.82) is 0 Å². The molecule has 2 aromatic rings. The molecule has 34 heavy (non-hydrogen) atoms. The predicted octanol–water partition coefficient (Wildman–Crippen LogP) is 3.53. The number of fused-ring (bicyclic) bond motifs is 1. The Morgan fingerprint density at radius 1 is 1.00 bits per heavy atom. The van der Waals surface area contributed by atoms with Gasteiger partial charge in [-0.15, -0.1) is 0 Å². The van der Waals surface area contributed by atoms with Crippen LogP contribution >= 0.6 is 0 Å². The fourth-order valence-electron chi connectivity index (χ4n) is 3.81. The van der Waals surface area contributed by atoms with Crippen molar-refractivity contribution in [2.24, 2.45) is 0 Å². The maximum absolute atomic E-state index is 13.3. The normalized spacial score (nSPS) is 14.5. The van der Waals surface area contributed by atoms with E-state index in [4.69, 9.17) is 0 Å². The number of nitrogens with zero attached hydrogens (tertiary/aromatic N) is 2. The van der Waals surface area contributed by atoms with Crippen molar-refractivity contribution in [3.05, 3.63) is 71.0 Å². The maximum Gasteiger partial charge on any atom is 0.261 e. The molecule has 180 valence electrons. The van der Waals surface area contributed by atoms with E-state index in [2.05, 4.69) is 5.32 Å². The number of nitrogens with one attached hydrogen (secondary N) is 1. The summed E-state index contributed by atoms with van der Waals surface area (Å²) in [5, 5.41) is 2.89. The van der Waals surface area contributed by atoms with Gasteiger partial charge in [0.1, 0.15) is 11.9 Å². The topological polar surface area (TPSA) is 86.8 Å². The van der Waals surface area contributed by atoms with Crippen LogP contribution in [0.25, 0.3) is 0 Å². The van der Waals surface area contributed by atoms with Gasteiger partial charge in [0.2, 0.25) is 11.8 Å². The van der Waals surface area contributed by atoms with Gasteiger partial charge in [0.05, 0.1) is 11.1 Å². The summed E-state index contributed by atoms with van der Waals surface area (Å²) in [6.45, 7) is 5.75. The number of amides is 4. The first-order chi connectivity index (χ1) is 16.2. The second-order valence-electron chi connectivity index (χ2n) is 8.55. The van der Waals surface area contributed by atoms with Crippen LogP contribution in [0.3, 0.4) is 0 Å². The number of carbonyl (C=O) groups is 4. The number of carbonyl (C=O) groups excluding carboxylic acids is 4. The maximum atomic E-state index is 13.3. The highest BCUT2D eigenvalue weighted by molar-refractivity contribution is 6.21. The number of halogens is 1. The van der Waals surface area contributed by atoms with Crippen LogP contribution in [0.4, 0.5) is 4.39 Å². The van der Waals surface area contributed by atoms with E-state index in [0.29, 0.717) is 16.7 Å². The Hall–Kier alpha value is -3.55. The molecule has 1 aliphatic heterocycles. The Bertz CT molecular complexity index is 1030. The third-order valence-electron chi connectivity index (χ3n) is 6.09. The van der Waals surface area contributed by atoms with E-state index in [1.165, 1.54) is 17.0 Å². The Morgan fingerprint density at radius 3 is 2.15 bits per heavy atom. The minimum Gasteiger partial charge on any atom is -0.352 e. The van der Waals surface area contributed by atoms with Gasteiger partial charge >= 0.3 is 0 Å². The lowest BCUT2D eigenvalue weighted by molar-refractivity contribution is -0.141. The Morgan fingerprint density at radius 2 is 1.59 bits per heavy atom. The van der Waals surface area contributed by atoms with Gasteiger partial charge in [-0.3, -0.25) is 24.1 Å². The molecule has 1 N–H and O–H groups in total. The minimum absolute atomic E-state index is 0.0356. The lowest BCUT2D eigenvalue weighted by Gasteiger charge is -2.30. The predicted molar refractivity (Wildman–Crippen MR) is 125 cm³/mol. The van der Waals surface area contributed by atoms with Gasteiger partial charge in [0, 0.05) is 25.6 Å². The van der Waals surface area contributed by atoms with Crippen molar-refractivity contribution in [3.63, 3.8) is 0 Å². The zero-order valence-electron chi connectivity index (χ0n) is 19.7. The third kappa shape index (κ3) is 5.68. The fraction of sp³-hybridized carbons (Fsp3) is 0.385. The first-order valence-electron chi connectivity index (χ1n) is 11.5. The molecule has 2 atom stereocenters. The molecule has 0 aliphatic carbocycles. The second kappa shape index (κ2) is 11.0. The molecule has 0 saturated carbocycles. The van der Waals surface area contributed by atoms with Gasteiger partial charge in [0.25, 0.3) is 11.8 Å². The lowest BCUT2D eigenvalue weighted by Crippen LogP contribution is -2.49. The highest BCUT2D eigenvalue weighted by Gasteiger charge is 2.35. The van der Waals surface area contributed by atoms with Crippen LogP contribution in [0.5, 0.6) is 0 Å². The Balaban J connectivity index is 1.67. The van der Waals surface area contributed by atoms with Gasteiger partial charge in [-0.05, 0) is 56.5 Å². The van der Waals surface area contributed by atoms with Crippen molar-refractivity contribution in [2.75, 3.05) is 6.54 Å². The molecule has 7 nitrogen and oxygen atoms in total. The van der Waals surface area contributed by atoms with Crippen molar-refractivity contribution in [3.8, 4) is 0 Å². The fourth-order valence-corrected chi connectivity index (χ4v) is 3.81. The smallest absolute Gasteiger partial charge is 0.261 e. The quantitative estimate of drug-likeness (QED) is 0.542. The number of benzene rings is 2. The molecule has 1 aliphatic rings. The van der Waals surface area contributed by atoms with Crippen LogP contribution in [0, 0.1) is 5.82 Å². The molecule has 8 heteroatoms. The first-order valence-corrected chi connectivity index (χ1v) is 11.5. The van der Waals surface area contributed by atoms with Crippen LogP contribution in [0.1, 0.15) is 66.3 Å². The van der Waals surface area contributed by atoms with Crippen LogP contribution in [0.15, 0.2) is 48.5 Å². The Kier molecular flexibility index (Phi) is 8.15. The molecular formula is C26H30FN3O4. The van der Waals surface area contributed by atoms with E-state index < -0.39 is 6.04 Å². The number of hydrogen-bond acceptors (Lipinski definition) is 4. The summed E-state index contributed by atoms with van der Waals surface area (Å²) in [4.78, 5) is 53.6. The van der Waals surface area contributed by atoms with E-state index >= 15 is 0 Å². The van der Waals surface area contributed by atoms with Gasteiger partial charge in [-0.25, -0.2) is 4.39 Å². The summed E-state index contributed by atoms with van der Waals surface area (Å²) in [5.41, 5.74) is 1.43. The van der Waals surface area contributed by atoms with E-state index in [-0.39, 0.29) is 61.4 Å². The summed E-state index contributed by atoms with van der Waals surface area (Å²) in [6, 6.07) is 11.6. The summed E-state index contributed by atoms with van der Waals surface area (Å²) in [7, 11) is 0. The molecule has 0 saturated heterocycles. The van der Waals surface area contributed by atoms with Crippen LogP contribution in [-0.2, 0) is 16.1 Å². The third-order valence-corrected chi connectivity index (χ3v) is 6.09. The first kappa shape index (κ1) is 25.1. The monoisotopic (exact) mass is 467 g/mol. The van der Waals surface area contributed by atoms with Gasteiger partial charge in [-0.2, -0.15) is 0 Å². The standard InChI is InChI=1S/C26H30FN3O4/c1-4-17(2)28-24(32)18(3)30(16-19-11-13-20(27)14-12-19)23(31)10-7-15-29-25(33)21-8-5-6-9-22(21)26(29)34/h5-6,8-9,11-14,17-18H,4,7,10,15-16H2,1-3H3,(H,28,32)/t17-,18-/m0/s1. The van der Waals surface area contributed by atoms with E-state index in [1.54, 1.807) is 43.3 Å². The summed E-state index contributed by atoms with van der Waals surface area (Å²) < 4.78 is 13.3. The molecule has 0 fully saturated rings. The highest BCUT2D eigenvalue weighted by Crippen LogP contribution is 2.23. The molecule has 2 aromatic carbocycles. The minimum atomic E-state index is -0.745. The van der Waals surface area contributed by atoms with Crippen molar-refractivity contribution >= 4 is 23.6 Å². The highest BCUT2D eigenvalue weighted by atomic mass is 19.1. The molecule has 0 spiro atoms. The van der Waals surface area contributed by atoms with Crippen LogP contribution in [-0.4, -0.2) is 52.1 Å².